The predicted molar refractivity (Wildman–Crippen MR) is 315 cm³/mol. The lowest BCUT2D eigenvalue weighted by Gasteiger charge is -2.33. The number of esters is 1. The molecule has 0 bridgehead atoms. The highest BCUT2D eigenvalue weighted by atomic mass is 19.1. The Bertz CT molecular complexity index is 2780. The number of hydrogen-bond acceptors (Lipinski definition) is 13. The number of likely N-dealkylation sites (tertiary alicyclic amines) is 2. The number of pyridine rings is 2. The van der Waals surface area contributed by atoms with Gasteiger partial charge in [-0.25, -0.2) is 23.5 Å². The number of aliphatic carboxylic acids is 1. The average molecular weight is 1140 g/mol. The minimum absolute atomic E-state index is 0.0150. The lowest BCUT2D eigenvalue weighted by atomic mass is 9.91. The maximum absolute atomic E-state index is 14.7. The highest BCUT2D eigenvalue weighted by Gasteiger charge is 2.40. The molecule has 4 aromatic rings. The number of fused-ring (bicyclic) bond motifs is 2. The monoisotopic (exact) mass is 1130 g/mol. The van der Waals surface area contributed by atoms with Gasteiger partial charge in [-0.1, -0.05) is 24.3 Å². The maximum Gasteiger partial charge on any atom is 0.328 e. The molecule has 0 radical (unpaired) electrons. The van der Waals surface area contributed by atoms with Gasteiger partial charge in [-0.05, 0) is 234 Å². The number of anilines is 2. The van der Waals surface area contributed by atoms with Crippen LogP contribution >= 0.6 is 0 Å². The van der Waals surface area contributed by atoms with Gasteiger partial charge in [-0.2, -0.15) is 0 Å². The number of carboxylic acid groups (broad SMARTS) is 1. The fourth-order valence-electron chi connectivity index (χ4n) is 12.6. The number of benzene rings is 2. The number of aryl methyl sites for hydroxylation is 4. The van der Waals surface area contributed by atoms with Crippen molar-refractivity contribution in [2.75, 3.05) is 63.2 Å². The second-order valence-corrected chi connectivity index (χ2v) is 26.0. The Morgan fingerprint density at radius 2 is 1.12 bits per heavy atom. The summed E-state index contributed by atoms with van der Waals surface area (Å²) in [7, 11) is 0. The summed E-state index contributed by atoms with van der Waals surface area (Å²) in [6.45, 7) is 19.5. The number of halogens is 2. The predicted octanol–water partition coefficient (Wildman–Crippen LogP) is 12.9. The fourth-order valence-corrected chi connectivity index (χ4v) is 12.6. The molecule has 2 aromatic heterocycles. The second kappa shape index (κ2) is 27.7. The van der Waals surface area contributed by atoms with Gasteiger partial charge in [-0.3, -0.25) is 14.6 Å². The molecule has 3 N–H and O–H groups in total. The molecule has 10 rings (SSSR count). The van der Waals surface area contributed by atoms with Crippen molar-refractivity contribution >= 4 is 23.6 Å². The summed E-state index contributed by atoms with van der Waals surface area (Å²) in [5.41, 5.74) is 7.17. The van der Waals surface area contributed by atoms with E-state index in [-0.39, 0.29) is 47.3 Å². The van der Waals surface area contributed by atoms with E-state index in [4.69, 9.17) is 33.7 Å². The first-order valence-electron chi connectivity index (χ1n) is 30.8. The van der Waals surface area contributed by atoms with Gasteiger partial charge >= 0.3 is 11.9 Å². The minimum Gasteiger partial charge on any atom is -0.480 e. The van der Waals surface area contributed by atoms with Crippen LogP contribution in [0.2, 0.25) is 0 Å². The largest absolute Gasteiger partial charge is 0.480 e. The zero-order valence-electron chi connectivity index (χ0n) is 50.0. The van der Waals surface area contributed by atoms with Gasteiger partial charge in [0.2, 0.25) is 0 Å². The molecule has 448 valence electrons. The first-order valence-corrected chi connectivity index (χ1v) is 30.8. The van der Waals surface area contributed by atoms with Crippen LogP contribution < -0.4 is 10.6 Å². The van der Waals surface area contributed by atoms with Crippen molar-refractivity contribution in [3.8, 4) is 0 Å². The molecule has 8 heterocycles. The minimum atomic E-state index is -0.964. The average Bonchev–Trinajstić information content (AvgIpc) is 4.12. The van der Waals surface area contributed by atoms with Crippen LogP contribution in [0.15, 0.2) is 60.7 Å². The Balaban J connectivity index is 0.000000198. The SMILES string of the molecule is CC1(C)CCc2ccc(CCCCO[C@@H]3CCN(C(C(=O)O)c4cc(F)ccc4[C@@H]4CCCCO4)C3)nc2N1.CC1(C)CCc2ccc(CCCCO[C@@H]3CCN(C(C(=O)OC(C)(C)C)c4cc(F)ccc4[C@@H]4CCCCO4)C3)nc2N1. The normalized spacial score (nSPS) is 23.3. The van der Waals surface area contributed by atoms with E-state index in [1.54, 1.807) is 12.1 Å². The molecule has 2 unspecified atom stereocenters. The molecule has 6 aliphatic rings. The summed E-state index contributed by atoms with van der Waals surface area (Å²) in [4.78, 5) is 39.9. The fraction of sp³-hybridized carbons (Fsp3) is 0.636. The topological polar surface area (TPSA) is 157 Å². The van der Waals surface area contributed by atoms with Crippen LogP contribution in [-0.4, -0.2) is 118 Å². The van der Waals surface area contributed by atoms with Crippen molar-refractivity contribution in [1.29, 1.82) is 0 Å². The number of nitrogens with zero attached hydrogens (tertiary/aromatic N) is 4. The van der Waals surface area contributed by atoms with Crippen LogP contribution in [0.4, 0.5) is 20.4 Å². The number of hydrogen-bond donors (Lipinski definition) is 3. The number of nitrogens with one attached hydrogen (secondary N) is 2. The molecule has 6 aliphatic heterocycles. The van der Waals surface area contributed by atoms with Gasteiger partial charge in [-0.15, -0.1) is 0 Å². The van der Waals surface area contributed by atoms with E-state index in [0.29, 0.717) is 63.7 Å². The summed E-state index contributed by atoms with van der Waals surface area (Å²) in [6, 6.07) is 16.3. The molecule has 6 atom stereocenters. The standard InChI is InChI=1S/C35H50FN3O4.C31H42FN3O4/c1-34(2,3)43-33(40)31(29-22-25(36)13-15-28(29)30-11-7-9-21-42-30)39-19-17-27(23-39)41-20-8-6-10-26-14-12-24-16-18-35(4,5)38-32(24)37-26;1-31(2)15-13-21-9-11-23(33-29(21)34-31)7-3-5-17-38-24-14-16-35(20-24)28(30(36)37)26-19-22(32)10-12-25(26)27-8-4-6-18-39-27/h12-15,22,27,30-31H,6-11,16-21,23H2,1-5H3,(H,37,38);9-12,19,24,27-28H,3-8,13-18,20H2,1-2H3,(H,33,34)(H,36,37)/t27-,30+,31?;24-,27+,28?/m11/s1. The van der Waals surface area contributed by atoms with Crippen LogP contribution in [-0.2, 0) is 59.0 Å². The Hall–Kier alpha value is -5.10. The molecule has 4 fully saturated rings. The van der Waals surface area contributed by atoms with E-state index in [2.05, 4.69) is 67.5 Å². The van der Waals surface area contributed by atoms with E-state index in [0.717, 1.165) is 150 Å². The number of carbonyl (C=O) groups is 2. The lowest BCUT2D eigenvalue weighted by molar-refractivity contribution is -0.161. The van der Waals surface area contributed by atoms with Gasteiger partial charge in [0, 0.05) is 75.1 Å². The third kappa shape index (κ3) is 16.8. The van der Waals surface area contributed by atoms with Gasteiger partial charge < -0.3 is 39.4 Å². The van der Waals surface area contributed by atoms with Crippen LogP contribution in [0.25, 0.3) is 0 Å². The lowest BCUT2D eigenvalue weighted by Crippen LogP contribution is -2.38. The Morgan fingerprint density at radius 1 is 0.659 bits per heavy atom. The van der Waals surface area contributed by atoms with Crippen LogP contribution in [0.5, 0.6) is 0 Å². The van der Waals surface area contributed by atoms with Gasteiger partial charge in [0.05, 0.1) is 24.4 Å². The smallest absolute Gasteiger partial charge is 0.328 e. The molecule has 0 aliphatic carbocycles. The highest BCUT2D eigenvalue weighted by Crippen LogP contribution is 2.40. The van der Waals surface area contributed by atoms with Gasteiger partial charge in [0.25, 0.3) is 0 Å². The zero-order chi connectivity index (χ0) is 58.0. The quantitative estimate of drug-likeness (QED) is 0.0567. The van der Waals surface area contributed by atoms with Crippen LogP contribution in [0, 0.1) is 11.6 Å². The molecule has 0 amide bonds. The van der Waals surface area contributed by atoms with Crippen molar-refractivity contribution in [2.24, 2.45) is 0 Å². The van der Waals surface area contributed by atoms with Gasteiger partial charge in [0.1, 0.15) is 41.0 Å². The molecule has 16 heteroatoms. The molecular formula is C66H92F2N6O8. The Morgan fingerprint density at radius 3 is 1.56 bits per heavy atom. The summed E-state index contributed by atoms with van der Waals surface area (Å²) in [5.74, 6) is -0.0404. The second-order valence-electron chi connectivity index (χ2n) is 26.0. The number of carbonyl (C=O) groups excluding carboxylic acids is 1. The first-order chi connectivity index (χ1) is 39.3. The van der Waals surface area contributed by atoms with Crippen LogP contribution in [0.1, 0.15) is 207 Å². The maximum atomic E-state index is 14.7. The number of carboxylic acids is 1. The Kier molecular flexibility index (Phi) is 20.8. The summed E-state index contributed by atoms with van der Waals surface area (Å²) in [5, 5.41) is 17.3. The van der Waals surface area contributed by atoms with Crippen molar-refractivity contribution in [3.63, 3.8) is 0 Å². The molecule has 2 aromatic carbocycles. The molecular weight excluding hydrogens is 1040 g/mol. The third-order valence-corrected chi connectivity index (χ3v) is 17.1. The van der Waals surface area contributed by atoms with Crippen molar-refractivity contribution in [2.45, 2.75) is 217 Å². The van der Waals surface area contributed by atoms with E-state index in [1.165, 1.54) is 35.4 Å². The molecule has 14 nitrogen and oxygen atoms in total. The number of rotatable bonds is 20. The van der Waals surface area contributed by atoms with Gasteiger partial charge in [0.15, 0.2) is 0 Å². The van der Waals surface area contributed by atoms with Crippen molar-refractivity contribution < 1.29 is 47.2 Å². The zero-order valence-corrected chi connectivity index (χ0v) is 50.0. The molecule has 0 saturated carbocycles. The molecule has 0 spiro atoms. The first kappa shape index (κ1) is 61.5. The summed E-state index contributed by atoms with van der Waals surface area (Å²) < 4.78 is 59.3. The van der Waals surface area contributed by atoms with E-state index in [1.807, 2.05) is 25.7 Å². The Labute approximate surface area is 486 Å². The number of aromatic nitrogens is 2. The van der Waals surface area contributed by atoms with Crippen molar-refractivity contribution in [3.05, 3.63) is 117 Å². The molecule has 4 saturated heterocycles. The number of unbranched alkanes of at least 4 members (excludes halogenated alkanes) is 2. The third-order valence-electron chi connectivity index (χ3n) is 17.1. The highest BCUT2D eigenvalue weighted by molar-refractivity contribution is 5.79. The van der Waals surface area contributed by atoms with Crippen molar-refractivity contribution in [1.82, 2.24) is 19.8 Å². The van der Waals surface area contributed by atoms with Crippen LogP contribution in [0.3, 0.4) is 0 Å². The van der Waals surface area contributed by atoms with E-state index in [9.17, 15) is 23.5 Å². The van der Waals surface area contributed by atoms with E-state index < -0.39 is 29.5 Å². The summed E-state index contributed by atoms with van der Waals surface area (Å²) in [6.07, 6.45) is 17.1. The molecule has 82 heavy (non-hydrogen) atoms. The summed E-state index contributed by atoms with van der Waals surface area (Å²) >= 11 is 0. The number of ether oxygens (including phenoxy) is 5. The van der Waals surface area contributed by atoms with E-state index >= 15 is 0 Å².